The molecule has 1 atom stereocenters. The van der Waals surface area contributed by atoms with E-state index >= 15 is 0 Å². The van der Waals surface area contributed by atoms with Crippen molar-refractivity contribution in [3.8, 4) is 0 Å². The van der Waals surface area contributed by atoms with E-state index in [0.29, 0.717) is 19.5 Å². The van der Waals surface area contributed by atoms with E-state index < -0.39 is 10.0 Å². The Morgan fingerprint density at radius 3 is 2.61 bits per heavy atom. The van der Waals surface area contributed by atoms with Crippen molar-refractivity contribution in [2.75, 3.05) is 13.1 Å². The molecule has 2 aliphatic rings. The summed E-state index contributed by atoms with van der Waals surface area (Å²) in [5, 5.41) is 2.58. The second kappa shape index (κ2) is 5.57. The van der Waals surface area contributed by atoms with Crippen LogP contribution >= 0.6 is 0 Å². The maximum atomic E-state index is 12.3. The molecule has 1 N–H and O–H groups in total. The zero-order chi connectivity index (χ0) is 13.2. The van der Waals surface area contributed by atoms with Gasteiger partial charge in [0.25, 0.3) is 0 Å². The van der Waals surface area contributed by atoms with Crippen molar-refractivity contribution in [1.82, 2.24) is 9.62 Å². The molecular weight excluding hydrogens is 252 g/mol. The molecule has 2 fully saturated rings. The summed E-state index contributed by atoms with van der Waals surface area (Å²) in [6.07, 6.45) is 4.61. The molecule has 1 aliphatic carbocycles. The zero-order valence-corrected chi connectivity index (χ0v) is 11.7. The predicted molar refractivity (Wildman–Crippen MR) is 69.6 cm³/mol. The molecule has 104 valence electrons. The minimum Gasteiger partial charge on any atom is -0.356 e. The number of hydrogen-bond acceptors (Lipinski definition) is 3. The van der Waals surface area contributed by atoms with Crippen LogP contribution in [0.3, 0.4) is 0 Å². The normalized spacial score (nSPS) is 25.9. The summed E-state index contributed by atoms with van der Waals surface area (Å²) < 4.78 is 26.2. The number of carbonyl (C=O) groups excluding carboxylic acids is 1. The first-order chi connectivity index (χ1) is 8.55. The fraction of sp³-hybridized carbons (Fsp3) is 0.917. The van der Waals surface area contributed by atoms with Gasteiger partial charge in [0.15, 0.2) is 0 Å². The maximum absolute atomic E-state index is 12.3. The Bertz CT molecular complexity index is 404. The SMILES string of the molecule is CCNC(=O)C[C@H]1CCCCN1S(=O)(=O)C1CC1. The van der Waals surface area contributed by atoms with Crippen LogP contribution in [0.25, 0.3) is 0 Å². The number of rotatable bonds is 5. The molecule has 0 aromatic heterocycles. The molecule has 0 radical (unpaired) electrons. The molecule has 5 nitrogen and oxygen atoms in total. The Labute approximate surface area is 109 Å². The predicted octanol–water partition coefficient (Wildman–Crippen LogP) is 0.859. The zero-order valence-electron chi connectivity index (χ0n) is 10.9. The van der Waals surface area contributed by atoms with Crippen molar-refractivity contribution >= 4 is 15.9 Å². The Balaban J connectivity index is 2.04. The average Bonchev–Trinajstić information content (AvgIpc) is 3.13. The van der Waals surface area contributed by atoms with Crippen molar-refractivity contribution in [2.24, 2.45) is 0 Å². The van der Waals surface area contributed by atoms with Gasteiger partial charge in [-0.3, -0.25) is 4.79 Å². The van der Waals surface area contributed by atoms with Gasteiger partial charge in [0, 0.05) is 25.6 Å². The molecule has 0 bridgehead atoms. The third-order valence-corrected chi connectivity index (χ3v) is 6.09. The second-order valence-corrected chi connectivity index (χ2v) is 7.33. The standard InChI is InChI=1S/C12H22N2O3S/c1-2-13-12(15)9-10-5-3-4-8-14(10)18(16,17)11-6-7-11/h10-11H,2-9H2,1H3,(H,13,15)/t10-/m1/s1. The Hall–Kier alpha value is -0.620. The lowest BCUT2D eigenvalue weighted by molar-refractivity contribution is -0.122. The van der Waals surface area contributed by atoms with Gasteiger partial charge in [0.1, 0.15) is 0 Å². The third kappa shape index (κ3) is 3.03. The summed E-state index contributed by atoms with van der Waals surface area (Å²) in [5.41, 5.74) is 0. The van der Waals surface area contributed by atoms with Crippen molar-refractivity contribution in [3.05, 3.63) is 0 Å². The molecule has 18 heavy (non-hydrogen) atoms. The first-order valence-electron chi connectivity index (χ1n) is 6.83. The van der Waals surface area contributed by atoms with Crippen molar-refractivity contribution < 1.29 is 13.2 Å². The van der Waals surface area contributed by atoms with E-state index in [1.165, 1.54) is 0 Å². The van der Waals surface area contributed by atoms with Crippen LogP contribution in [0.1, 0.15) is 45.4 Å². The van der Waals surface area contributed by atoms with Crippen LogP contribution < -0.4 is 5.32 Å². The number of hydrogen-bond donors (Lipinski definition) is 1. The number of piperidine rings is 1. The minimum absolute atomic E-state index is 0.0413. The van der Waals surface area contributed by atoms with Gasteiger partial charge in [-0.2, -0.15) is 4.31 Å². The Kier molecular flexibility index (Phi) is 4.27. The Morgan fingerprint density at radius 2 is 2.00 bits per heavy atom. The highest BCUT2D eigenvalue weighted by molar-refractivity contribution is 7.90. The summed E-state index contributed by atoms with van der Waals surface area (Å²) in [7, 11) is -3.15. The van der Waals surface area contributed by atoms with Crippen LogP contribution in [-0.4, -0.2) is 43.0 Å². The highest BCUT2D eigenvalue weighted by Crippen LogP contribution is 2.34. The van der Waals surface area contributed by atoms with Crippen molar-refractivity contribution in [1.29, 1.82) is 0 Å². The maximum Gasteiger partial charge on any atom is 0.221 e. The summed E-state index contributed by atoms with van der Waals surface area (Å²) in [6, 6.07) is -0.129. The monoisotopic (exact) mass is 274 g/mol. The van der Waals surface area contributed by atoms with Crippen LogP contribution in [0.4, 0.5) is 0 Å². The lowest BCUT2D eigenvalue weighted by Crippen LogP contribution is -2.47. The summed E-state index contributed by atoms with van der Waals surface area (Å²) in [4.78, 5) is 11.6. The topological polar surface area (TPSA) is 66.5 Å². The van der Waals surface area contributed by atoms with E-state index in [1.807, 2.05) is 6.92 Å². The molecule has 0 aromatic carbocycles. The molecule has 0 spiro atoms. The highest BCUT2D eigenvalue weighted by atomic mass is 32.2. The molecule has 1 saturated heterocycles. The fourth-order valence-electron chi connectivity index (χ4n) is 2.55. The van der Waals surface area contributed by atoms with Crippen molar-refractivity contribution in [2.45, 2.75) is 56.7 Å². The lowest BCUT2D eigenvalue weighted by atomic mass is 10.0. The van der Waals surface area contributed by atoms with Gasteiger partial charge in [-0.15, -0.1) is 0 Å². The Morgan fingerprint density at radius 1 is 1.28 bits per heavy atom. The summed E-state index contributed by atoms with van der Waals surface area (Å²) in [6.45, 7) is 3.06. The van der Waals surface area contributed by atoms with E-state index in [1.54, 1.807) is 4.31 Å². The first kappa shape index (κ1) is 13.8. The molecule has 0 unspecified atom stereocenters. The number of carbonyl (C=O) groups is 1. The third-order valence-electron chi connectivity index (χ3n) is 3.64. The lowest BCUT2D eigenvalue weighted by Gasteiger charge is -2.34. The largest absolute Gasteiger partial charge is 0.356 e. The minimum atomic E-state index is -3.15. The quantitative estimate of drug-likeness (QED) is 0.808. The molecule has 6 heteroatoms. The first-order valence-corrected chi connectivity index (χ1v) is 8.33. The summed E-state index contributed by atoms with van der Waals surface area (Å²) in [5.74, 6) is -0.0413. The molecular formula is C12H22N2O3S. The van der Waals surface area contributed by atoms with Crippen LogP contribution in [0.15, 0.2) is 0 Å². The summed E-state index contributed by atoms with van der Waals surface area (Å²) >= 11 is 0. The molecule has 1 aliphatic heterocycles. The smallest absolute Gasteiger partial charge is 0.221 e. The fourth-order valence-corrected chi connectivity index (χ4v) is 4.65. The van der Waals surface area contributed by atoms with E-state index in [9.17, 15) is 13.2 Å². The second-order valence-electron chi connectivity index (χ2n) is 5.16. The van der Waals surface area contributed by atoms with Gasteiger partial charge in [-0.05, 0) is 32.6 Å². The van der Waals surface area contributed by atoms with Crippen LogP contribution in [0.2, 0.25) is 0 Å². The van der Waals surface area contributed by atoms with Gasteiger partial charge in [0.05, 0.1) is 5.25 Å². The van der Waals surface area contributed by atoms with Gasteiger partial charge in [-0.1, -0.05) is 6.42 Å². The van der Waals surface area contributed by atoms with Crippen LogP contribution in [-0.2, 0) is 14.8 Å². The van der Waals surface area contributed by atoms with E-state index in [2.05, 4.69) is 5.32 Å². The van der Waals surface area contributed by atoms with Gasteiger partial charge >= 0.3 is 0 Å². The van der Waals surface area contributed by atoms with Crippen LogP contribution in [0.5, 0.6) is 0 Å². The van der Waals surface area contributed by atoms with Gasteiger partial charge in [0.2, 0.25) is 15.9 Å². The van der Waals surface area contributed by atoms with E-state index in [0.717, 1.165) is 32.1 Å². The molecule has 0 aromatic rings. The average molecular weight is 274 g/mol. The van der Waals surface area contributed by atoms with Crippen molar-refractivity contribution in [3.63, 3.8) is 0 Å². The molecule has 1 saturated carbocycles. The number of amides is 1. The highest BCUT2D eigenvalue weighted by Gasteiger charge is 2.43. The van der Waals surface area contributed by atoms with E-state index in [4.69, 9.17) is 0 Å². The number of nitrogens with one attached hydrogen (secondary N) is 1. The van der Waals surface area contributed by atoms with Gasteiger partial charge in [-0.25, -0.2) is 8.42 Å². The van der Waals surface area contributed by atoms with Crippen LogP contribution in [0, 0.1) is 0 Å². The van der Waals surface area contributed by atoms with E-state index in [-0.39, 0.29) is 17.2 Å². The number of sulfonamides is 1. The molecule has 1 amide bonds. The van der Waals surface area contributed by atoms with Gasteiger partial charge < -0.3 is 5.32 Å². The molecule has 2 rings (SSSR count). The molecule has 1 heterocycles. The number of nitrogens with zero attached hydrogens (tertiary/aromatic N) is 1.